The molecule has 0 saturated carbocycles. The maximum Gasteiger partial charge on any atom is 0.225 e. The molecule has 1 aromatic carbocycles. The third-order valence-electron chi connectivity index (χ3n) is 5.39. The van der Waals surface area contributed by atoms with Gasteiger partial charge in [0.1, 0.15) is 0 Å². The smallest absolute Gasteiger partial charge is 0.225 e. The monoisotopic (exact) mass is 329 g/mol. The molecule has 2 heterocycles. The maximum absolute atomic E-state index is 12.1. The Morgan fingerprint density at radius 1 is 0.958 bits per heavy atom. The number of benzene rings is 1. The van der Waals surface area contributed by atoms with E-state index in [0.29, 0.717) is 18.0 Å². The van der Waals surface area contributed by atoms with Gasteiger partial charge in [-0.15, -0.1) is 0 Å². The van der Waals surface area contributed by atoms with E-state index < -0.39 is 0 Å². The van der Waals surface area contributed by atoms with Crippen LogP contribution in [0.1, 0.15) is 39.5 Å². The molecule has 0 aliphatic carbocycles. The number of hydrogen-bond donors (Lipinski definition) is 1. The fraction of sp³-hybridized carbons (Fsp3) is 0.650. The normalized spacial score (nSPS) is 20.6. The van der Waals surface area contributed by atoms with E-state index >= 15 is 0 Å². The largest absolute Gasteiger partial charge is 0.371 e. The van der Waals surface area contributed by atoms with Crippen LogP contribution in [0.3, 0.4) is 0 Å². The Hall–Kier alpha value is -1.55. The second kappa shape index (κ2) is 8.02. The highest BCUT2D eigenvalue weighted by Gasteiger charge is 2.27. The minimum atomic E-state index is 0.122. The molecule has 3 rings (SSSR count). The summed E-state index contributed by atoms with van der Waals surface area (Å²) >= 11 is 0. The van der Waals surface area contributed by atoms with Crippen LogP contribution in [-0.2, 0) is 4.79 Å². The lowest BCUT2D eigenvalue weighted by atomic mass is 9.98. The van der Waals surface area contributed by atoms with Gasteiger partial charge in [-0.2, -0.15) is 0 Å². The first kappa shape index (κ1) is 17.3. The van der Waals surface area contributed by atoms with Crippen LogP contribution in [0.2, 0.25) is 0 Å². The summed E-state index contributed by atoms with van der Waals surface area (Å²) < 4.78 is 0. The third kappa shape index (κ3) is 4.29. The number of carbonyl (C=O) groups is 1. The number of amides is 1. The second-order valence-electron chi connectivity index (χ2n) is 7.52. The van der Waals surface area contributed by atoms with Gasteiger partial charge in [0, 0.05) is 49.9 Å². The fourth-order valence-corrected chi connectivity index (χ4v) is 3.91. The van der Waals surface area contributed by atoms with E-state index in [4.69, 9.17) is 0 Å². The number of likely N-dealkylation sites (tertiary alicyclic amines) is 1. The van der Waals surface area contributed by atoms with Crippen molar-refractivity contribution in [1.29, 1.82) is 0 Å². The molecule has 2 aliphatic rings. The van der Waals surface area contributed by atoms with Gasteiger partial charge in [-0.05, 0) is 37.8 Å². The minimum Gasteiger partial charge on any atom is -0.371 e. The highest BCUT2D eigenvalue weighted by molar-refractivity contribution is 5.78. The number of para-hydroxylation sites is 1. The Kier molecular flexibility index (Phi) is 5.77. The van der Waals surface area contributed by atoms with Crippen molar-refractivity contribution in [2.45, 2.75) is 51.6 Å². The first-order valence-electron chi connectivity index (χ1n) is 9.48. The van der Waals surface area contributed by atoms with Crippen LogP contribution < -0.4 is 10.2 Å². The molecule has 2 fully saturated rings. The van der Waals surface area contributed by atoms with Gasteiger partial charge in [-0.3, -0.25) is 4.79 Å². The van der Waals surface area contributed by atoms with Gasteiger partial charge in [0.25, 0.3) is 0 Å². The molecule has 0 aromatic heterocycles. The molecular formula is C20H31N3O. The topological polar surface area (TPSA) is 35.6 Å². The zero-order valence-corrected chi connectivity index (χ0v) is 15.1. The number of nitrogens with one attached hydrogen (secondary N) is 1. The standard InChI is InChI=1S/C20H31N3O/c1-16(2)20(24)23-14-10-18(11-15-23)21-17-8-12-22(13-9-17)19-6-4-3-5-7-19/h3-7,16-18,21H,8-15H2,1-2H3. The van der Waals surface area contributed by atoms with Crippen LogP contribution in [0.4, 0.5) is 5.69 Å². The molecule has 2 saturated heterocycles. The van der Waals surface area contributed by atoms with Crippen molar-refractivity contribution in [3.63, 3.8) is 0 Å². The van der Waals surface area contributed by atoms with Crippen molar-refractivity contribution in [2.24, 2.45) is 5.92 Å². The maximum atomic E-state index is 12.1. The van der Waals surface area contributed by atoms with E-state index in [0.717, 1.165) is 39.0 Å². The van der Waals surface area contributed by atoms with E-state index in [1.54, 1.807) is 0 Å². The van der Waals surface area contributed by atoms with Crippen molar-refractivity contribution in [1.82, 2.24) is 10.2 Å². The molecule has 1 N–H and O–H groups in total. The summed E-state index contributed by atoms with van der Waals surface area (Å²) in [7, 11) is 0. The van der Waals surface area contributed by atoms with Gasteiger partial charge >= 0.3 is 0 Å². The lowest BCUT2D eigenvalue weighted by Crippen LogP contribution is -2.51. The molecule has 2 aliphatic heterocycles. The summed E-state index contributed by atoms with van der Waals surface area (Å²) in [6.45, 7) is 8.08. The highest BCUT2D eigenvalue weighted by atomic mass is 16.2. The van der Waals surface area contributed by atoms with Crippen LogP contribution in [0.15, 0.2) is 30.3 Å². The molecule has 4 nitrogen and oxygen atoms in total. The first-order chi connectivity index (χ1) is 11.6. The van der Waals surface area contributed by atoms with Crippen LogP contribution in [0.5, 0.6) is 0 Å². The fourth-order valence-electron chi connectivity index (χ4n) is 3.91. The van der Waals surface area contributed by atoms with Crippen molar-refractivity contribution < 1.29 is 4.79 Å². The van der Waals surface area contributed by atoms with Crippen molar-refractivity contribution in [2.75, 3.05) is 31.1 Å². The molecule has 0 atom stereocenters. The molecule has 0 radical (unpaired) electrons. The van der Waals surface area contributed by atoms with Gasteiger partial charge in [-0.25, -0.2) is 0 Å². The summed E-state index contributed by atoms with van der Waals surface area (Å²) in [6, 6.07) is 11.9. The summed E-state index contributed by atoms with van der Waals surface area (Å²) in [6.07, 6.45) is 4.61. The summed E-state index contributed by atoms with van der Waals surface area (Å²) in [5, 5.41) is 3.85. The Labute approximate surface area is 146 Å². The van der Waals surface area contributed by atoms with Gasteiger partial charge in [0.2, 0.25) is 5.91 Å². The molecule has 1 amide bonds. The summed E-state index contributed by atoms with van der Waals surface area (Å²) in [5.41, 5.74) is 1.34. The summed E-state index contributed by atoms with van der Waals surface area (Å²) in [5.74, 6) is 0.432. The van der Waals surface area contributed by atoms with E-state index in [1.807, 2.05) is 18.7 Å². The van der Waals surface area contributed by atoms with Crippen molar-refractivity contribution in [3.8, 4) is 0 Å². The second-order valence-corrected chi connectivity index (χ2v) is 7.52. The van der Waals surface area contributed by atoms with Gasteiger partial charge in [0.15, 0.2) is 0 Å². The van der Waals surface area contributed by atoms with Crippen LogP contribution in [0, 0.1) is 5.92 Å². The Bertz CT molecular complexity index is 515. The quantitative estimate of drug-likeness (QED) is 0.922. The number of nitrogens with zero attached hydrogens (tertiary/aromatic N) is 2. The predicted molar refractivity (Wildman–Crippen MR) is 99.3 cm³/mol. The SMILES string of the molecule is CC(C)C(=O)N1CCC(NC2CCN(c3ccccc3)CC2)CC1. The Balaban J connectivity index is 1.40. The van der Waals surface area contributed by atoms with Gasteiger partial charge < -0.3 is 15.1 Å². The zero-order chi connectivity index (χ0) is 16.9. The number of carbonyl (C=O) groups excluding carboxylic acids is 1. The van der Waals surface area contributed by atoms with Crippen LogP contribution in [-0.4, -0.2) is 49.1 Å². The lowest BCUT2D eigenvalue weighted by molar-refractivity contribution is -0.135. The van der Waals surface area contributed by atoms with Crippen molar-refractivity contribution >= 4 is 11.6 Å². The van der Waals surface area contributed by atoms with Gasteiger partial charge in [0.05, 0.1) is 0 Å². The zero-order valence-electron chi connectivity index (χ0n) is 15.1. The molecule has 132 valence electrons. The Morgan fingerprint density at radius 3 is 2.04 bits per heavy atom. The van der Waals surface area contributed by atoms with Gasteiger partial charge in [-0.1, -0.05) is 32.0 Å². The van der Waals surface area contributed by atoms with E-state index in [9.17, 15) is 4.79 Å². The molecule has 1 aromatic rings. The molecular weight excluding hydrogens is 298 g/mol. The average molecular weight is 329 g/mol. The molecule has 24 heavy (non-hydrogen) atoms. The number of anilines is 1. The number of rotatable bonds is 4. The first-order valence-corrected chi connectivity index (χ1v) is 9.48. The molecule has 0 unspecified atom stereocenters. The van der Waals surface area contributed by atoms with Crippen LogP contribution >= 0.6 is 0 Å². The lowest BCUT2D eigenvalue weighted by Gasteiger charge is -2.38. The third-order valence-corrected chi connectivity index (χ3v) is 5.39. The summed E-state index contributed by atoms with van der Waals surface area (Å²) in [4.78, 5) is 16.6. The van der Waals surface area contributed by atoms with E-state index in [1.165, 1.54) is 18.5 Å². The molecule has 0 spiro atoms. The van der Waals surface area contributed by atoms with Crippen molar-refractivity contribution in [3.05, 3.63) is 30.3 Å². The highest BCUT2D eigenvalue weighted by Crippen LogP contribution is 2.21. The predicted octanol–water partition coefficient (Wildman–Crippen LogP) is 2.89. The minimum absolute atomic E-state index is 0.122. The molecule has 4 heteroatoms. The average Bonchev–Trinajstić information content (AvgIpc) is 2.63. The molecule has 0 bridgehead atoms. The Morgan fingerprint density at radius 2 is 1.50 bits per heavy atom. The van der Waals surface area contributed by atoms with E-state index in [-0.39, 0.29) is 5.92 Å². The van der Waals surface area contributed by atoms with Crippen LogP contribution in [0.25, 0.3) is 0 Å². The van der Waals surface area contributed by atoms with E-state index in [2.05, 4.69) is 40.5 Å². The number of hydrogen-bond acceptors (Lipinski definition) is 3. The number of piperidine rings is 2.